The van der Waals surface area contributed by atoms with E-state index in [-0.39, 0.29) is 18.3 Å². The second-order valence-electron chi connectivity index (χ2n) is 5.73. The average Bonchev–Trinajstić information content (AvgIpc) is 3.04. The summed E-state index contributed by atoms with van der Waals surface area (Å²) >= 11 is 7.44. The zero-order chi connectivity index (χ0) is 17.4. The molecule has 0 aliphatic rings. The number of halogens is 2. The molecule has 0 atom stereocenters. The first-order valence-electron chi connectivity index (χ1n) is 8.32. The first-order valence-corrected chi connectivity index (χ1v) is 9.58. The minimum Gasteiger partial charge on any atom is -0.333 e. The number of benzene rings is 1. The number of thiazole rings is 1. The lowest BCUT2D eigenvalue weighted by Gasteiger charge is -2.22. The Hall–Kier alpha value is -1.14. The van der Waals surface area contributed by atoms with Crippen LogP contribution in [0, 0.1) is 0 Å². The largest absolute Gasteiger partial charge is 0.333 e. The van der Waals surface area contributed by atoms with Crippen LogP contribution >= 0.6 is 35.3 Å². The number of aromatic nitrogens is 1. The van der Waals surface area contributed by atoms with Gasteiger partial charge in [0.05, 0.1) is 5.01 Å². The number of nitrogens with zero attached hydrogens (tertiary/aromatic N) is 2. The molecular formula is C18H25Cl2N3OS. The SMILES string of the molecule is CCCCCN(Cc1ccc(Cl)cc1)C(=O)c1csc(CCN)n1.Cl. The van der Waals surface area contributed by atoms with Crippen LogP contribution in [0.5, 0.6) is 0 Å². The van der Waals surface area contributed by atoms with Gasteiger partial charge in [0, 0.05) is 29.9 Å². The molecule has 2 rings (SSSR count). The predicted octanol–water partition coefficient (Wildman–Crippen LogP) is 4.55. The lowest BCUT2D eigenvalue weighted by atomic mass is 10.2. The molecule has 0 unspecified atom stereocenters. The third-order valence-electron chi connectivity index (χ3n) is 3.73. The van der Waals surface area contributed by atoms with Gasteiger partial charge >= 0.3 is 0 Å². The Balaban J connectivity index is 0.00000312. The minimum atomic E-state index is -0.0134. The summed E-state index contributed by atoms with van der Waals surface area (Å²) in [6.45, 7) is 4.01. The van der Waals surface area contributed by atoms with E-state index in [0.29, 0.717) is 30.2 Å². The Bertz CT molecular complexity index is 646. The Morgan fingerprint density at radius 3 is 2.64 bits per heavy atom. The van der Waals surface area contributed by atoms with Crippen LogP contribution in [0.25, 0.3) is 0 Å². The van der Waals surface area contributed by atoms with Gasteiger partial charge in [-0.1, -0.05) is 43.5 Å². The number of hydrogen-bond donors (Lipinski definition) is 1. The molecule has 4 nitrogen and oxygen atoms in total. The van der Waals surface area contributed by atoms with Crippen molar-refractivity contribution in [2.24, 2.45) is 5.73 Å². The van der Waals surface area contributed by atoms with E-state index >= 15 is 0 Å². The summed E-state index contributed by atoms with van der Waals surface area (Å²) in [5.41, 5.74) is 7.15. The first kappa shape index (κ1) is 21.9. The molecule has 7 heteroatoms. The molecule has 2 aromatic rings. The van der Waals surface area contributed by atoms with Crippen LogP contribution in [0.4, 0.5) is 0 Å². The number of hydrogen-bond acceptors (Lipinski definition) is 4. The molecular weight excluding hydrogens is 377 g/mol. The standard InChI is InChI=1S/C18H24ClN3OS.ClH/c1-2-3-4-11-22(12-14-5-7-15(19)8-6-14)18(23)16-13-24-17(21-16)9-10-20;/h5-8,13H,2-4,9-12,20H2,1H3;1H. The Labute approximate surface area is 164 Å². The van der Waals surface area contributed by atoms with E-state index < -0.39 is 0 Å². The summed E-state index contributed by atoms with van der Waals surface area (Å²) in [6, 6.07) is 7.63. The number of rotatable bonds is 9. The molecule has 0 radical (unpaired) electrons. The van der Waals surface area contributed by atoms with Gasteiger partial charge in [-0.3, -0.25) is 4.79 Å². The average molecular weight is 402 g/mol. The van der Waals surface area contributed by atoms with Gasteiger partial charge in [0.2, 0.25) is 0 Å². The van der Waals surface area contributed by atoms with Crippen LogP contribution in [-0.4, -0.2) is 28.9 Å². The van der Waals surface area contributed by atoms with E-state index in [0.717, 1.165) is 36.4 Å². The molecule has 0 aliphatic carbocycles. The highest BCUT2D eigenvalue weighted by Crippen LogP contribution is 2.16. The zero-order valence-corrected chi connectivity index (χ0v) is 16.8. The van der Waals surface area contributed by atoms with Crippen LogP contribution in [-0.2, 0) is 13.0 Å². The predicted molar refractivity (Wildman–Crippen MR) is 108 cm³/mol. The van der Waals surface area contributed by atoms with Gasteiger partial charge in [-0.05, 0) is 30.7 Å². The van der Waals surface area contributed by atoms with Crippen molar-refractivity contribution in [3.63, 3.8) is 0 Å². The highest BCUT2D eigenvalue weighted by molar-refractivity contribution is 7.09. The molecule has 1 aromatic heterocycles. The summed E-state index contributed by atoms with van der Waals surface area (Å²) in [5, 5.41) is 3.46. The summed E-state index contributed by atoms with van der Waals surface area (Å²) in [5.74, 6) is -0.0134. The second kappa shape index (κ2) is 11.5. The summed E-state index contributed by atoms with van der Waals surface area (Å²) in [6.07, 6.45) is 3.95. The van der Waals surface area contributed by atoms with Crippen molar-refractivity contribution in [1.29, 1.82) is 0 Å². The lowest BCUT2D eigenvalue weighted by Crippen LogP contribution is -2.31. The van der Waals surface area contributed by atoms with E-state index in [1.54, 1.807) is 0 Å². The maximum Gasteiger partial charge on any atom is 0.273 e. The molecule has 0 spiro atoms. The molecule has 0 fully saturated rings. The highest BCUT2D eigenvalue weighted by atomic mass is 35.5. The molecule has 1 heterocycles. The van der Waals surface area contributed by atoms with Crippen LogP contribution < -0.4 is 5.73 Å². The van der Waals surface area contributed by atoms with Crippen molar-refractivity contribution in [1.82, 2.24) is 9.88 Å². The maximum atomic E-state index is 12.8. The topological polar surface area (TPSA) is 59.2 Å². The number of nitrogens with two attached hydrogens (primary N) is 1. The maximum absolute atomic E-state index is 12.8. The number of carbonyl (C=O) groups is 1. The second-order valence-corrected chi connectivity index (χ2v) is 7.10. The van der Waals surface area contributed by atoms with Crippen molar-refractivity contribution >= 4 is 41.3 Å². The molecule has 2 N–H and O–H groups in total. The Morgan fingerprint density at radius 2 is 2.00 bits per heavy atom. The molecule has 0 saturated carbocycles. The lowest BCUT2D eigenvalue weighted by molar-refractivity contribution is 0.0734. The van der Waals surface area contributed by atoms with E-state index in [4.69, 9.17) is 17.3 Å². The first-order chi connectivity index (χ1) is 11.6. The van der Waals surface area contributed by atoms with Gasteiger partial charge in [0.1, 0.15) is 5.69 Å². The van der Waals surface area contributed by atoms with Gasteiger partial charge in [-0.15, -0.1) is 23.7 Å². The number of unbranched alkanes of at least 4 members (excludes halogenated alkanes) is 2. The summed E-state index contributed by atoms with van der Waals surface area (Å²) in [4.78, 5) is 19.1. The third-order valence-corrected chi connectivity index (χ3v) is 4.90. The van der Waals surface area contributed by atoms with Crippen molar-refractivity contribution in [3.8, 4) is 0 Å². The molecule has 0 bridgehead atoms. The number of amides is 1. The Kier molecular flexibility index (Phi) is 10.0. The monoisotopic (exact) mass is 401 g/mol. The van der Waals surface area contributed by atoms with Crippen molar-refractivity contribution in [2.75, 3.05) is 13.1 Å². The summed E-state index contributed by atoms with van der Waals surface area (Å²) in [7, 11) is 0. The molecule has 1 amide bonds. The fourth-order valence-electron chi connectivity index (χ4n) is 2.42. The summed E-state index contributed by atoms with van der Waals surface area (Å²) < 4.78 is 0. The molecule has 1 aromatic carbocycles. The fourth-order valence-corrected chi connectivity index (χ4v) is 3.34. The zero-order valence-electron chi connectivity index (χ0n) is 14.4. The van der Waals surface area contributed by atoms with E-state index in [2.05, 4.69) is 11.9 Å². The normalized spacial score (nSPS) is 10.4. The van der Waals surface area contributed by atoms with Crippen LogP contribution in [0.3, 0.4) is 0 Å². The minimum absolute atomic E-state index is 0. The van der Waals surface area contributed by atoms with Crippen molar-refractivity contribution in [2.45, 2.75) is 39.2 Å². The Morgan fingerprint density at radius 1 is 1.28 bits per heavy atom. The quantitative estimate of drug-likeness (QED) is 0.626. The van der Waals surface area contributed by atoms with E-state index in [9.17, 15) is 4.79 Å². The van der Waals surface area contributed by atoms with Crippen LogP contribution in [0.15, 0.2) is 29.6 Å². The van der Waals surface area contributed by atoms with Crippen LogP contribution in [0.2, 0.25) is 5.02 Å². The van der Waals surface area contributed by atoms with Gasteiger partial charge in [0.25, 0.3) is 5.91 Å². The van der Waals surface area contributed by atoms with E-state index in [1.165, 1.54) is 11.3 Å². The molecule has 25 heavy (non-hydrogen) atoms. The number of carbonyl (C=O) groups excluding carboxylic acids is 1. The third kappa shape index (κ3) is 6.94. The smallest absolute Gasteiger partial charge is 0.273 e. The van der Waals surface area contributed by atoms with Gasteiger partial charge in [0.15, 0.2) is 0 Å². The molecule has 0 saturated heterocycles. The fraction of sp³-hybridized carbons (Fsp3) is 0.444. The molecule has 138 valence electrons. The van der Waals surface area contributed by atoms with Gasteiger partial charge in [-0.25, -0.2) is 4.98 Å². The van der Waals surface area contributed by atoms with Crippen LogP contribution in [0.1, 0.15) is 47.2 Å². The van der Waals surface area contributed by atoms with Crippen molar-refractivity contribution < 1.29 is 4.79 Å². The van der Waals surface area contributed by atoms with Crippen molar-refractivity contribution in [3.05, 3.63) is 50.9 Å². The highest BCUT2D eigenvalue weighted by Gasteiger charge is 2.19. The molecule has 0 aliphatic heterocycles. The van der Waals surface area contributed by atoms with E-state index in [1.807, 2.05) is 34.5 Å². The van der Waals surface area contributed by atoms with Gasteiger partial charge in [-0.2, -0.15) is 0 Å². The van der Waals surface area contributed by atoms with Gasteiger partial charge < -0.3 is 10.6 Å².